The maximum Gasteiger partial charge on any atom is 0.343 e. The second-order valence-electron chi connectivity index (χ2n) is 6.11. The van der Waals surface area contributed by atoms with Crippen LogP contribution in [0.5, 0.6) is 5.75 Å². The van der Waals surface area contributed by atoms with E-state index in [2.05, 4.69) is 20.9 Å². The summed E-state index contributed by atoms with van der Waals surface area (Å²) in [5.74, 6) is -0.779. The molecule has 1 heterocycles. The van der Waals surface area contributed by atoms with Gasteiger partial charge in [-0.25, -0.2) is 9.18 Å². The summed E-state index contributed by atoms with van der Waals surface area (Å²) in [4.78, 5) is 16.6. The van der Waals surface area contributed by atoms with Crippen LogP contribution in [0.2, 0.25) is 0 Å². The summed E-state index contributed by atoms with van der Waals surface area (Å²) in [6.07, 6.45) is 10.7. The average Bonchev–Trinajstić information content (AvgIpc) is 2.66. The number of pyridine rings is 1. The molecule has 0 radical (unpaired) electrons. The fourth-order valence-corrected chi connectivity index (χ4v) is 3.25. The molecule has 0 spiro atoms. The predicted octanol–water partition coefficient (Wildman–Crippen LogP) is 6.21. The zero-order valence-electron chi connectivity index (χ0n) is 15.6. The standard InChI is InChI=1S/C22H18BrClFNO3/c1-2-28-22(27)18-13-26-20(17-9-8-14(23)10-19(17)25)12-21(18)29-16-7-5-3-4-6-15(24)11-16/h4-13,16H,2-3H2,1H3/b6-4-,7-5-,15-11?. The van der Waals surface area contributed by atoms with Gasteiger partial charge in [-0.05, 0) is 49.8 Å². The van der Waals surface area contributed by atoms with E-state index in [1.165, 1.54) is 18.3 Å². The Labute approximate surface area is 181 Å². The van der Waals surface area contributed by atoms with E-state index in [4.69, 9.17) is 21.1 Å². The van der Waals surface area contributed by atoms with Gasteiger partial charge < -0.3 is 9.47 Å². The first-order valence-corrected chi connectivity index (χ1v) is 10.1. The van der Waals surface area contributed by atoms with Gasteiger partial charge in [0, 0.05) is 27.3 Å². The summed E-state index contributed by atoms with van der Waals surface area (Å²) < 4.78 is 26.2. The van der Waals surface area contributed by atoms with Crippen molar-refractivity contribution in [1.82, 2.24) is 4.98 Å². The predicted molar refractivity (Wildman–Crippen MR) is 115 cm³/mol. The van der Waals surface area contributed by atoms with E-state index in [1.807, 2.05) is 18.2 Å². The van der Waals surface area contributed by atoms with Crippen molar-refractivity contribution < 1.29 is 18.7 Å². The lowest BCUT2D eigenvalue weighted by Crippen LogP contribution is -2.15. The lowest BCUT2D eigenvalue weighted by molar-refractivity contribution is 0.0520. The lowest BCUT2D eigenvalue weighted by Gasteiger charge is -2.17. The van der Waals surface area contributed by atoms with E-state index >= 15 is 0 Å². The van der Waals surface area contributed by atoms with Gasteiger partial charge in [0.15, 0.2) is 0 Å². The van der Waals surface area contributed by atoms with Gasteiger partial charge in [0.1, 0.15) is 23.2 Å². The van der Waals surface area contributed by atoms with Crippen molar-refractivity contribution in [1.29, 1.82) is 0 Å². The maximum absolute atomic E-state index is 14.4. The molecule has 0 bridgehead atoms. The number of esters is 1. The largest absolute Gasteiger partial charge is 0.481 e. The molecule has 3 rings (SSSR count). The monoisotopic (exact) mass is 477 g/mol. The fourth-order valence-electron chi connectivity index (χ4n) is 2.70. The number of ether oxygens (including phenoxy) is 2. The van der Waals surface area contributed by atoms with Gasteiger partial charge in [-0.1, -0.05) is 39.7 Å². The molecule has 1 aliphatic carbocycles. The van der Waals surface area contributed by atoms with E-state index in [0.717, 1.165) is 0 Å². The summed E-state index contributed by atoms with van der Waals surface area (Å²) >= 11 is 9.41. The highest BCUT2D eigenvalue weighted by Crippen LogP contribution is 2.30. The number of nitrogens with zero attached hydrogens (tertiary/aromatic N) is 1. The molecular weight excluding hydrogens is 461 g/mol. The third-order valence-electron chi connectivity index (χ3n) is 4.03. The van der Waals surface area contributed by atoms with E-state index in [1.54, 1.807) is 31.2 Å². The third-order valence-corrected chi connectivity index (χ3v) is 4.78. The molecule has 0 aliphatic heterocycles. The molecule has 1 atom stereocenters. The smallest absolute Gasteiger partial charge is 0.343 e. The first-order valence-electron chi connectivity index (χ1n) is 8.97. The van der Waals surface area contributed by atoms with E-state index in [0.29, 0.717) is 21.6 Å². The van der Waals surface area contributed by atoms with Gasteiger partial charge in [-0.2, -0.15) is 0 Å². The van der Waals surface area contributed by atoms with Gasteiger partial charge in [0.2, 0.25) is 0 Å². The highest BCUT2D eigenvalue weighted by molar-refractivity contribution is 9.10. The molecular formula is C22H18BrClFNO3. The van der Waals surface area contributed by atoms with Crippen molar-refractivity contribution in [3.05, 3.63) is 81.7 Å². The van der Waals surface area contributed by atoms with E-state index in [9.17, 15) is 9.18 Å². The minimum absolute atomic E-state index is 0.156. The summed E-state index contributed by atoms with van der Waals surface area (Å²) in [5, 5.41) is 0.519. The Bertz CT molecular complexity index is 1000. The number of carbonyl (C=O) groups excluding carboxylic acids is 1. The topological polar surface area (TPSA) is 48.4 Å². The Morgan fingerprint density at radius 3 is 2.93 bits per heavy atom. The minimum Gasteiger partial charge on any atom is -0.481 e. The molecule has 0 saturated heterocycles. The third kappa shape index (κ3) is 5.55. The van der Waals surface area contributed by atoms with Gasteiger partial charge in [-0.15, -0.1) is 0 Å². The van der Waals surface area contributed by atoms with E-state index < -0.39 is 17.9 Å². The van der Waals surface area contributed by atoms with Gasteiger partial charge in [0.25, 0.3) is 0 Å². The van der Waals surface area contributed by atoms with Crippen LogP contribution in [0, 0.1) is 5.82 Å². The number of hydrogen-bond acceptors (Lipinski definition) is 4. The van der Waals surface area contributed by atoms with Crippen LogP contribution >= 0.6 is 27.5 Å². The summed E-state index contributed by atoms with van der Waals surface area (Å²) in [6, 6.07) is 6.20. The Morgan fingerprint density at radius 2 is 2.17 bits per heavy atom. The van der Waals surface area contributed by atoms with E-state index in [-0.39, 0.29) is 23.5 Å². The first-order chi connectivity index (χ1) is 14.0. The molecule has 1 unspecified atom stereocenters. The van der Waals surface area contributed by atoms with Crippen molar-refractivity contribution in [3.63, 3.8) is 0 Å². The molecule has 0 amide bonds. The first kappa shape index (κ1) is 21.3. The second kappa shape index (κ2) is 9.85. The molecule has 2 aromatic rings. The Kier molecular flexibility index (Phi) is 7.23. The summed E-state index contributed by atoms with van der Waals surface area (Å²) in [5.41, 5.74) is 0.782. The molecule has 1 aromatic carbocycles. The number of halogens is 3. The number of rotatable bonds is 5. The molecule has 1 aromatic heterocycles. The van der Waals surface area contributed by atoms with Crippen LogP contribution in [0.15, 0.2) is 70.3 Å². The second-order valence-corrected chi connectivity index (χ2v) is 7.46. The number of aromatic nitrogens is 1. The number of allylic oxidation sites excluding steroid dienone is 4. The molecule has 0 fully saturated rings. The van der Waals surface area contributed by atoms with Gasteiger partial charge >= 0.3 is 5.97 Å². The van der Waals surface area contributed by atoms with Crippen LogP contribution in [-0.2, 0) is 4.74 Å². The van der Waals surface area contributed by atoms with Gasteiger partial charge in [0.05, 0.1) is 12.3 Å². The number of carbonyl (C=O) groups is 1. The van der Waals surface area contributed by atoms with Crippen LogP contribution in [0.1, 0.15) is 23.7 Å². The molecule has 1 aliphatic rings. The highest BCUT2D eigenvalue weighted by Gasteiger charge is 2.19. The molecule has 4 nitrogen and oxygen atoms in total. The Balaban J connectivity index is 2.03. The van der Waals surface area contributed by atoms with Crippen LogP contribution in [0.3, 0.4) is 0 Å². The zero-order chi connectivity index (χ0) is 20.8. The lowest BCUT2D eigenvalue weighted by atomic mass is 10.1. The molecule has 0 saturated carbocycles. The molecule has 0 N–H and O–H groups in total. The maximum atomic E-state index is 14.4. The molecule has 150 valence electrons. The van der Waals surface area contributed by atoms with Crippen molar-refractivity contribution in [2.75, 3.05) is 6.61 Å². The fraction of sp³-hybridized carbons (Fsp3) is 0.182. The average molecular weight is 479 g/mol. The number of benzene rings is 1. The quantitative estimate of drug-likeness (QED) is 0.378. The van der Waals surface area contributed by atoms with Crippen LogP contribution in [0.25, 0.3) is 11.3 Å². The van der Waals surface area contributed by atoms with Gasteiger partial charge in [-0.3, -0.25) is 4.98 Å². The minimum atomic E-state index is -0.567. The SMILES string of the molecule is CCOC(=O)c1cnc(-c2ccc(Br)cc2F)cc1OC1C=C(Cl)/C=C\C/C=C\1. The molecule has 7 heteroatoms. The Hall–Kier alpha value is -2.44. The summed E-state index contributed by atoms with van der Waals surface area (Å²) in [7, 11) is 0. The summed E-state index contributed by atoms with van der Waals surface area (Å²) in [6.45, 7) is 1.92. The van der Waals surface area contributed by atoms with Crippen molar-refractivity contribution in [2.24, 2.45) is 0 Å². The van der Waals surface area contributed by atoms with Crippen LogP contribution < -0.4 is 4.74 Å². The van der Waals surface area contributed by atoms with Crippen molar-refractivity contribution in [2.45, 2.75) is 19.4 Å². The van der Waals surface area contributed by atoms with Crippen LogP contribution in [0.4, 0.5) is 4.39 Å². The zero-order valence-corrected chi connectivity index (χ0v) is 17.9. The van der Waals surface area contributed by atoms with Crippen LogP contribution in [-0.4, -0.2) is 23.7 Å². The normalized spacial score (nSPS) is 18.2. The highest BCUT2D eigenvalue weighted by atomic mass is 79.9. The van der Waals surface area contributed by atoms with Crippen molar-refractivity contribution >= 4 is 33.5 Å². The van der Waals surface area contributed by atoms with Crippen molar-refractivity contribution in [3.8, 4) is 17.0 Å². The number of hydrogen-bond donors (Lipinski definition) is 0. The Morgan fingerprint density at radius 1 is 1.34 bits per heavy atom. The molecule has 29 heavy (non-hydrogen) atoms.